The van der Waals surface area contributed by atoms with E-state index in [-0.39, 0.29) is 5.91 Å². The van der Waals surface area contributed by atoms with Gasteiger partial charge in [0.1, 0.15) is 5.82 Å². The molecule has 2 N–H and O–H groups in total. The van der Waals surface area contributed by atoms with E-state index in [2.05, 4.69) is 15.8 Å². The molecular formula is C12H11N3O. The Bertz CT molecular complexity index is 460. The van der Waals surface area contributed by atoms with Crippen molar-refractivity contribution < 1.29 is 4.79 Å². The molecule has 4 nitrogen and oxygen atoms in total. The predicted molar refractivity (Wildman–Crippen MR) is 62.8 cm³/mol. The molecule has 1 aliphatic rings. The summed E-state index contributed by atoms with van der Waals surface area (Å²) < 4.78 is 0. The summed E-state index contributed by atoms with van der Waals surface area (Å²) in [5.41, 5.74) is 3.33. The van der Waals surface area contributed by atoms with Gasteiger partial charge < -0.3 is 5.32 Å². The Morgan fingerprint density at radius 3 is 2.81 bits per heavy atom. The van der Waals surface area contributed by atoms with E-state index in [1.807, 2.05) is 18.2 Å². The largest absolute Gasteiger partial charge is 0.307 e. The van der Waals surface area contributed by atoms with Crippen LogP contribution in [0, 0.1) is 0 Å². The monoisotopic (exact) mass is 213 g/mol. The molecule has 16 heavy (non-hydrogen) atoms. The Labute approximate surface area is 93.4 Å². The third-order valence-corrected chi connectivity index (χ3v) is 2.00. The summed E-state index contributed by atoms with van der Waals surface area (Å²) in [6, 6.07) is 9.02. The van der Waals surface area contributed by atoms with E-state index in [1.165, 1.54) is 0 Å². The highest BCUT2D eigenvalue weighted by atomic mass is 16.1. The van der Waals surface area contributed by atoms with Crippen molar-refractivity contribution in [3.8, 4) is 0 Å². The van der Waals surface area contributed by atoms with Gasteiger partial charge in [0.15, 0.2) is 0 Å². The van der Waals surface area contributed by atoms with Crippen molar-refractivity contribution in [3.63, 3.8) is 0 Å². The van der Waals surface area contributed by atoms with Gasteiger partial charge in [0.05, 0.1) is 0 Å². The summed E-state index contributed by atoms with van der Waals surface area (Å²) in [6.45, 7) is 0. The maximum absolute atomic E-state index is 11.8. The molecule has 1 aliphatic heterocycles. The molecule has 0 saturated heterocycles. The highest BCUT2D eigenvalue weighted by molar-refractivity contribution is 5.95. The minimum atomic E-state index is -0.162. The molecule has 0 bridgehead atoms. The fourth-order valence-electron chi connectivity index (χ4n) is 1.24. The summed E-state index contributed by atoms with van der Waals surface area (Å²) in [5.74, 6) is 0.392. The maximum Gasteiger partial charge on any atom is 0.256 e. The van der Waals surface area contributed by atoms with Gasteiger partial charge in [0.2, 0.25) is 0 Å². The zero-order chi connectivity index (χ0) is 11.2. The fraction of sp³-hybridized carbons (Fsp3) is 0. The Hall–Kier alpha value is -2.36. The van der Waals surface area contributed by atoms with Crippen LogP contribution in [0.2, 0.25) is 0 Å². The van der Waals surface area contributed by atoms with Crippen LogP contribution < -0.4 is 10.7 Å². The Balaban J connectivity index is 2.06. The van der Waals surface area contributed by atoms with Crippen LogP contribution >= 0.6 is 0 Å². The maximum atomic E-state index is 11.8. The first-order valence-electron chi connectivity index (χ1n) is 4.89. The number of hydrogen-bond donors (Lipinski definition) is 2. The smallest absolute Gasteiger partial charge is 0.256 e. The Kier molecular flexibility index (Phi) is 3.13. The van der Waals surface area contributed by atoms with Gasteiger partial charge in [0, 0.05) is 11.8 Å². The van der Waals surface area contributed by atoms with Crippen molar-refractivity contribution >= 4 is 12.1 Å². The zero-order valence-corrected chi connectivity index (χ0v) is 8.55. The quantitative estimate of drug-likeness (QED) is 0.780. The topological polar surface area (TPSA) is 53.5 Å². The zero-order valence-electron chi connectivity index (χ0n) is 8.55. The van der Waals surface area contributed by atoms with Gasteiger partial charge in [0.25, 0.3) is 5.91 Å². The molecule has 0 fully saturated rings. The molecule has 0 atom stereocenters. The van der Waals surface area contributed by atoms with Crippen molar-refractivity contribution in [2.75, 3.05) is 0 Å². The Morgan fingerprint density at radius 2 is 2.00 bits per heavy atom. The van der Waals surface area contributed by atoms with Crippen LogP contribution in [0.3, 0.4) is 0 Å². The van der Waals surface area contributed by atoms with Gasteiger partial charge in [-0.15, -0.1) is 0 Å². The van der Waals surface area contributed by atoms with Crippen molar-refractivity contribution in [1.82, 2.24) is 10.7 Å². The second-order valence-electron chi connectivity index (χ2n) is 3.18. The molecule has 1 amide bonds. The third-order valence-electron chi connectivity index (χ3n) is 2.00. The molecule has 1 heterocycles. The summed E-state index contributed by atoms with van der Waals surface area (Å²) in [6.07, 6.45) is 6.92. The summed E-state index contributed by atoms with van der Waals surface area (Å²) in [5, 5.41) is 6.58. The van der Waals surface area contributed by atoms with E-state index in [1.54, 1.807) is 36.6 Å². The van der Waals surface area contributed by atoms with Crippen LogP contribution in [0.25, 0.3) is 0 Å². The van der Waals surface area contributed by atoms with Crippen LogP contribution in [-0.2, 0) is 0 Å². The number of amides is 1. The van der Waals surface area contributed by atoms with E-state index in [0.717, 1.165) is 0 Å². The first-order valence-corrected chi connectivity index (χ1v) is 4.89. The van der Waals surface area contributed by atoms with Gasteiger partial charge in [-0.1, -0.05) is 24.3 Å². The van der Waals surface area contributed by atoms with Crippen molar-refractivity contribution in [3.05, 3.63) is 59.9 Å². The summed E-state index contributed by atoms with van der Waals surface area (Å²) >= 11 is 0. The lowest BCUT2D eigenvalue weighted by molar-refractivity contribution is 0.0963. The Morgan fingerprint density at radius 1 is 1.19 bits per heavy atom. The lowest BCUT2D eigenvalue weighted by Gasteiger charge is -2.07. The average molecular weight is 213 g/mol. The number of carbonyl (C=O) groups excluding carboxylic acids is 1. The van der Waals surface area contributed by atoms with Crippen LogP contribution in [0.15, 0.2) is 59.5 Å². The van der Waals surface area contributed by atoms with Crippen molar-refractivity contribution in [2.24, 2.45) is 5.10 Å². The standard InChI is InChI=1S/C12H11N3O/c16-12(10-6-2-1-3-7-10)14-11-8-4-5-9-13-15-11/h1-9,15H,(H,14,16). The summed E-state index contributed by atoms with van der Waals surface area (Å²) in [4.78, 5) is 11.8. The lowest BCUT2D eigenvalue weighted by Crippen LogP contribution is -2.28. The second kappa shape index (κ2) is 4.93. The SMILES string of the molecule is O=C(NC1=CC=CC=NN1)c1ccccc1. The second-order valence-corrected chi connectivity index (χ2v) is 3.18. The molecule has 80 valence electrons. The average Bonchev–Trinajstić information content (AvgIpc) is 2.59. The normalized spacial score (nSPS) is 13.6. The van der Waals surface area contributed by atoms with Gasteiger partial charge in [-0.3, -0.25) is 10.2 Å². The highest BCUT2D eigenvalue weighted by Gasteiger charge is 2.06. The van der Waals surface area contributed by atoms with Crippen molar-refractivity contribution in [1.29, 1.82) is 0 Å². The first-order chi connectivity index (χ1) is 7.86. The van der Waals surface area contributed by atoms with Gasteiger partial charge in [-0.2, -0.15) is 5.10 Å². The molecule has 0 unspecified atom stereocenters. The number of nitrogens with one attached hydrogen (secondary N) is 2. The molecular weight excluding hydrogens is 202 g/mol. The molecule has 1 aromatic carbocycles. The third kappa shape index (κ3) is 2.57. The fourth-order valence-corrected chi connectivity index (χ4v) is 1.24. The van der Waals surface area contributed by atoms with Crippen LogP contribution in [0.1, 0.15) is 10.4 Å². The highest BCUT2D eigenvalue weighted by Crippen LogP contribution is 1.99. The van der Waals surface area contributed by atoms with E-state index in [4.69, 9.17) is 0 Å². The molecule has 4 heteroatoms. The molecule has 0 spiro atoms. The first kappa shape index (κ1) is 10.2. The van der Waals surface area contributed by atoms with E-state index < -0.39 is 0 Å². The molecule has 0 radical (unpaired) electrons. The number of carbonyl (C=O) groups is 1. The number of nitrogens with zero attached hydrogens (tertiary/aromatic N) is 1. The predicted octanol–water partition coefficient (Wildman–Crippen LogP) is 1.40. The molecule has 0 saturated carbocycles. The molecule has 1 aromatic rings. The van der Waals surface area contributed by atoms with Crippen LogP contribution in [0.5, 0.6) is 0 Å². The molecule has 2 rings (SSSR count). The number of benzene rings is 1. The minimum Gasteiger partial charge on any atom is -0.307 e. The summed E-state index contributed by atoms with van der Waals surface area (Å²) in [7, 11) is 0. The number of hydrazone groups is 1. The minimum absolute atomic E-state index is 0.162. The van der Waals surface area contributed by atoms with E-state index in [0.29, 0.717) is 11.4 Å². The van der Waals surface area contributed by atoms with Gasteiger partial charge >= 0.3 is 0 Å². The number of rotatable bonds is 2. The molecule has 0 aromatic heterocycles. The van der Waals surface area contributed by atoms with Gasteiger partial charge in [-0.25, -0.2) is 0 Å². The van der Waals surface area contributed by atoms with Crippen molar-refractivity contribution in [2.45, 2.75) is 0 Å². The number of allylic oxidation sites excluding steroid dienone is 3. The molecule has 0 aliphatic carbocycles. The van der Waals surface area contributed by atoms with E-state index in [9.17, 15) is 4.79 Å². The van der Waals surface area contributed by atoms with Crippen LogP contribution in [0.4, 0.5) is 0 Å². The number of hydrogen-bond acceptors (Lipinski definition) is 3. The lowest BCUT2D eigenvalue weighted by atomic mass is 10.2. The van der Waals surface area contributed by atoms with Gasteiger partial charge in [-0.05, 0) is 24.3 Å². The van der Waals surface area contributed by atoms with Crippen LogP contribution in [-0.4, -0.2) is 12.1 Å². The van der Waals surface area contributed by atoms with E-state index >= 15 is 0 Å².